The molecule has 0 aromatic heterocycles. The summed E-state index contributed by atoms with van der Waals surface area (Å²) in [6.45, 7) is 2.89. The third kappa shape index (κ3) is 3.79. The largest absolute Gasteiger partial charge is 0.504 e. The fourth-order valence-electron chi connectivity index (χ4n) is 7.93. The number of aryl methyl sites for hydroxylation is 1. The number of rotatable bonds is 11. The lowest BCUT2D eigenvalue weighted by molar-refractivity contribution is -0.192. The zero-order valence-corrected chi connectivity index (χ0v) is 21.6. The molecule has 0 spiro atoms. The number of hydrogen-bond acceptors (Lipinski definition) is 4. The summed E-state index contributed by atoms with van der Waals surface area (Å²) in [5.74, 6) is 2.17. The van der Waals surface area contributed by atoms with Crippen LogP contribution in [-0.2, 0) is 27.8 Å². The molecule has 2 aromatic rings. The number of hydrogen-bond donors (Lipinski definition) is 1. The van der Waals surface area contributed by atoms with Crippen LogP contribution in [0.4, 0.5) is 0 Å². The Balaban J connectivity index is 1.37. The molecule has 0 bridgehead atoms. The molecule has 2 fully saturated rings. The van der Waals surface area contributed by atoms with E-state index in [0.29, 0.717) is 24.7 Å². The van der Waals surface area contributed by atoms with E-state index in [0.717, 1.165) is 56.4 Å². The zero-order chi connectivity index (χ0) is 24.8. The molecule has 192 valence electrons. The summed E-state index contributed by atoms with van der Waals surface area (Å²) in [6, 6.07) is 14.5. The molecule has 1 unspecified atom stereocenters. The van der Waals surface area contributed by atoms with Crippen LogP contribution in [0.15, 0.2) is 42.5 Å². The first-order chi connectivity index (χ1) is 17.6. The summed E-state index contributed by atoms with van der Waals surface area (Å²) in [5.41, 5.74) is 2.76. The summed E-state index contributed by atoms with van der Waals surface area (Å²) in [4.78, 5) is 13.4. The molecule has 1 heterocycles. The van der Waals surface area contributed by atoms with Crippen LogP contribution in [0, 0.1) is 11.8 Å². The Labute approximate surface area is 215 Å². The van der Waals surface area contributed by atoms with Gasteiger partial charge in [0.25, 0.3) is 0 Å². The van der Waals surface area contributed by atoms with Crippen molar-refractivity contribution in [1.29, 1.82) is 0 Å². The van der Waals surface area contributed by atoms with E-state index in [-0.39, 0.29) is 11.5 Å². The number of ketones is 1. The van der Waals surface area contributed by atoms with Gasteiger partial charge >= 0.3 is 0 Å². The Morgan fingerprint density at radius 1 is 1.08 bits per heavy atom. The molecular weight excluding hydrogens is 448 g/mol. The van der Waals surface area contributed by atoms with E-state index >= 15 is 0 Å². The predicted molar refractivity (Wildman–Crippen MR) is 141 cm³/mol. The second-order valence-corrected chi connectivity index (χ2v) is 11.7. The van der Waals surface area contributed by atoms with E-state index in [2.05, 4.69) is 43.3 Å². The lowest BCUT2D eigenvalue weighted by Crippen LogP contribution is -2.69. The van der Waals surface area contributed by atoms with Gasteiger partial charge in [0, 0.05) is 18.6 Å². The maximum Gasteiger partial charge on any atom is 0.174 e. The van der Waals surface area contributed by atoms with Crippen LogP contribution in [0.25, 0.3) is 0 Å². The Morgan fingerprint density at radius 2 is 1.92 bits per heavy atom. The van der Waals surface area contributed by atoms with Crippen molar-refractivity contribution in [2.24, 2.45) is 11.8 Å². The summed E-state index contributed by atoms with van der Waals surface area (Å²) in [6.07, 6.45) is 11.9. The van der Waals surface area contributed by atoms with Gasteiger partial charge < -0.3 is 14.6 Å². The van der Waals surface area contributed by atoms with Gasteiger partial charge in [0.2, 0.25) is 0 Å². The van der Waals surface area contributed by atoms with Crippen molar-refractivity contribution in [2.75, 3.05) is 6.61 Å². The molecular formula is C32H40O4. The number of phenols is 1. The zero-order valence-electron chi connectivity index (χ0n) is 21.6. The Morgan fingerprint density at radius 3 is 2.69 bits per heavy atom. The van der Waals surface area contributed by atoms with Gasteiger partial charge in [-0.05, 0) is 67.6 Å². The molecule has 2 aromatic carbocycles. The summed E-state index contributed by atoms with van der Waals surface area (Å²) in [7, 11) is 0. The van der Waals surface area contributed by atoms with Crippen LogP contribution in [-0.4, -0.2) is 29.2 Å². The van der Waals surface area contributed by atoms with E-state index in [4.69, 9.17) is 9.47 Å². The molecule has 2 saturated carbocycles. The molecule has 6 rings (SSSR count). The van der Waals surface area contributed by atoms with Crippen molar-refractivity contribution < 1.29 is 19.4 Å². The second kappa shape index (κ2) is 9.52. The van der Waals surface area contributed by atoms with Crippen LogP contribution >= 0.6 is 0 Å². The molecule has 4 atom stereocenters. The van der Waals surface area contributed by atoms with Gasteiger partial charge in [-0.3, -0.25) is 4.79 Å². The Hall–Kier alpha value is -2.33. The fourth-order valence-corrected chi connectivity index (χ4v) is 7.93. The van der Waals surface area contributed by atoms with Gasteiger partial charge in [-0.1, -0.05) is 75.4 Å². The summed E-state index contributed by atoms with van der Waals surface area (Å²) < 4.78 is 13.6. The average Bonchev–Trinajstić information content (AvgIpc) is 3.64. The smallest absolute Gasteiger partial charge is 0.174 e. The number of carbonyl (C=O) groups is 1. The molecule has 4 heteroatoms. The highest BCUT2D eigenvalue weighted by Crippen LogP contribution is 2.66. The first kappa shape index (κ1) is 24.0. The molecule has 3 aliphatic carbocycles. The number of carbonyl (C=O) groups excluding carboxylic acids is 1. The minimum atomic E-state index is -0.548. The van der Waals surface area contributed by atoms with Gasteiger partial charge in [0.15, 0.2) is 23.4 Å². The van der Waals surface area contributed by atoms with Gasteiger partial charge in [0.05, 0.1) is 11.0 Å². The fraction of sp³-hybridized carbons (Fsp3) is 0.594. The van der Waals surface area contributed by atoms with E-state index in [9.17, 15) is 9.90 Å². The van der Waals surface area contributed by atoms with Gasteiger partial charge in [0.1, 0.15) is 0 Å². The molecule has 4 nitrogen and oxygen atoms in total. The van der Waals surface area contributed by atoms with Crippen LogP contribution in [0.1, 0.15) is 87.8 Å². The van der Waals surface area contributed by atoms with Crippen molar-refractivity contribution in [3.63, 3.8) is 0 Å². The van der Waals surface area contributed by atoms with Crippen LogP contribution in [0.5, 0.6) is 11.5 Å². The van der Waals surface area contributed by atoms with Crippen LogP contribution in [0.3, 0.4) is 0 Å². The van der Waals surface area contributed by atoms with Crippen molar-refractivity contribution in [1.82, 2.24) is 0 Å². The monoisotopic (exact) mass is 488 g/mol. The summed E-state index contributed by atoms with van der Waals surface area (Å²) in [5, 5.41) is 10.8. The molecule has 0 radical (unpaired) electrons. The lowest BCUT2D eigenvalue weighted by Gasteiger charge is -2.59. The number of aromatic hydroxyl groups is 1. The first-order valence-corrected chi connectivity index (χ1v) is 14.3. The first-order valence-electron chi connectivity index (χ1n) is 14.3. The third-order valence-electron chi connectivity index (χ3n) is 9.59. The van der Waals surface area contributed by atoms with E-state index in [1.54, 1.807) is 6.07 Å². The lowest BCUT2D eigenvalue weighted by atomic mass is 9.48. The standard InChI is InChI=1S/C32H40O4/c1-2-18-31-28-24-15-16-26(33)29(28)36-30(31)27(34)17-19-32(31,25(21-24)12-6-10-23-13-14-23)35-20-7-11-22-8-4-3-5-9-22/h3-5,8-9,15-16,23,25,30,33H,2,6-7,10-14,17-21H2,1H3/t25?,30-,31-,32+/m0/s1. The number of phenolic OH excluding ortho intramolecular Hbond substituents is 1. The number of Topliss-reactive ketones (excluding diaryl/α,β-unsaturated/α-hetero) is 1. The molecule has 4 aliphatic rings. The topological polar surface area (TPSA) is 55.8 Å². The molecule has 36 heavy (non-hydrogen) atoms. The average molecular weight is 489 g/mol. The maximum absolute atomic E-state index is 13.4. The second-order valence-electron chi connectivity index (χ2n) is 11.7. The van der Waals surface area contributed by atoms with Crippen molar-refractivity contribution in [2.45, 2.75) is 101 Å². The number of benzene rings is 2. The minimum absolute atomic E-state index is 0.164. The van der Waals surface area contributed by atoms with Crippen LogP contribution in [0.2, 0.25) is 0 Å². The Bertz CT molecular complexity index is 1110. The van der Waals surface area contributed by atoms with Crippen LogP contribution < -0.4 is 4.74 Å². The molecule has 1 aliphatic heterocycles. The predicted octanol–water partition coefficient (Wildman–Crippen LogP) is 6.69. The van der Waals surface area contributed by atoms with Crippen molar-refractivity contribution >= 4 is 5.78 Å². The minimum Gasteiger partial charge on any atom is -0.504 e. The molecule has 0 amide bonds. The van der Waals surface area contributed by atoms with Crippen molar-refractivity contribution in [3.05, 3.63) is 59.2 Å². The van der Waals surface area contributed by atoms with E-state index < -0.39 is 17.1 Å². The van der Waals surface area contributed by atoms with E-state index in [1.807, 2.05) is 0 Å². The Kier molecular flexibility index (Phi) is 6.35. The maximum atomic E-state index is 13.4. The molecule has 1 N–H and O–H groups in total. The van der Waals surface area contributed by atoms with Gasteiger partial charge in [-0.2, -0.15) is 0 Å². The van der Waals surface area contributed by atoms with Crippen molar-refractivity contribution in [3.8, 4) is 11.5 Å². The highest BCUT2D eigenvalue weighted by Gasteiger charge is 2.71. The normalized spacial score (nSPS) is 30.2. The molecule has 0 saturated heterocycles. The highest BCUT2D eigenvalue weighted by molar-refractivity contribution is 5.89. The number of ether oxygens (including phenoxy) is 2. The van der Waals surface area contributed by atoms with E-state index in [1.165, 1.54) is 36.8 Å². The third-order valence-corrected chi connectivity index (χ3v) is 9.59. The highest BCUT2D eigenvalue weighted by atomic mass is 16.5. The van der Waals surface area contributed by atoms with Gasteiger partial charge in [-0.15, -0.1) is 0 Å². The summed E-state index contributed by atoms with van der Waals surface area (Å²) >= 11 is 0. The SMILES string of the molecule is CCC[C@]12c3c4ccc(O)c3O[C@H]1C(=O)CC[C@@]2(OCCCc1ccccc1)C(CCCC1CC1)C4. The quantitative estimate of drug-likeness (QED) is 0.358. The van der Waals surface area contributed by atoms with Gasteiger partial charge in [-0.25, -0.2) is 0 Å².